The van der Waals surface area contributed by atoms with Gasteiger partial charge in [-0.05, 0) is 179 Å². The van der Waals surface area contributed by atoms with Crippen LogP contribution in [0.5, 0.6) is 23.0 Å². The summed E-state index contributed by atoms with van der Waals surface area (Å²) in [7, 11) is -4.32. The fraction of sp³-hybridized carbons (Fsp3) is 0.0962. The lowest BCUT2D eigenvalue weighted by Crippen LogP contribution is -2.29. The summed E-state index contributed by atoms with van der Waals surface area (Å²) in [5, 5.41) is 30.1. The van der Waals surface area contributed by atoms with E-state index in [0.29, 0.717) is 107 Å². The predicted octanol–water partition coefficient (Wildman–Crippen LogP) is 20.8. The zero-order valence-corrected chi connectivity index (χ0v) is 79.2. The number of hydrogen-bond acceptors (Lipinski definition) is 19. The minimum Gasteiger partial charge on any atom is -0.493 e. The summed E-state index contributed by atoms with van der Waals surface area (Å²) in [4.78, 5) is 45.2. The monoisotopic (exact) mass is 2010 g/mol. The molecule has 0 bridgehead atoms. The van der Waals surface area contributed by atoms with Crippen LogP contribution in [0.2, 0.25) is 0 Å². The molecular weight excluding hydrogens is 1930 g/mol. The number of rotatable bonds is 17. The molecule has 12 N–H and O–H groups in total. The zero-order valence-electron chi connectivity index (χ0n) is 76.0. The summed E-state index contributed by atoms with van der Waals surface area (Å²) in [5.74, 6) is 1.36. The van der Waals surface area contributed by atoms with E-state index in [9.17, 15) is 61.5 Å². The van der Waals surface area contributed by atoms with Gasteiger partial charge in [-0.1, -0.05) is 110 Å². The van der Waals surface area contributed by atoms with Crippen molar-refractivity contribution in [1.82, 2.24) is 37.8 Å². The number of aromatic amines is 2. The number of nitrogen functional groups attached to an aromatic ring is 3. The number of carboxylic acid groups (broad SMARTS) is 1. The fourth-order valence-electron chi connectivity index (χ4n) is 14.8. The van der Waals surface area contributed by atoms with Crippen LogP contribution >= 0.6 is 15.9 Å². The quantitative estimate of drug-likeness (QED) is 0.0177. The molecule has 0 fully saturated rings. The Kier molecular flexibility index (Phi) is 32.3. The van der Waals surface area contributed by atoms with Crippen molar-refractivity contribution < 1.29 is 95.7 Å². The molecule has 8 aromatic heterocycles. The van der Waals surface area contributed by atoms with Crippen LogP contribution < -0.4 is 46.9 Å². The number of aliphatic carboxylic acids is 1. The van der Waals surface area contributed by atoms with Crippen molar-refractivity contribution >= 4 is 127 Å². The van der Waals surface area contributed by atoms with Gasteiger partial charge in [-0.3, -0.25) is 4.79 Å². The lowest BCUT2D eigenvalue weighted by molar-refractivity contribution is -0.130. The van der Waals surface area contributed by atoms with E-state index in [0.717, 1.165) is 76.5 Å². The van der Waals surface area contributed by atoms with E-state index in [2.05, 4.69) is 68.9 Å². The van der Waals surface area contributed by atoms with Crippen LogP contribution in [0.25, 0.3) is 122 Å². The standard InChI is InChI=1S/C27H21F2N3O3S.C25H19F2N3O2.C21H15BrF2N2O3S.C20H15F2N3O.C6H8BNO2.C5H6O2/c1-16-6-8-21(9-7-16)36(33,34)32-15-24(22-12-19(28)13-25(29)26(22)35-2)23-11-18(14-31-27(23)32)17-4-3-5-20(30)10-17;1-3-4-8-23(31)30-18-7-5-6-15(9-18)16-10-20-21(14-29-25(20)28-13-16)19-11-17(26)12-22(27)24(19)32-2;1-12-3-5-15(6-4-12)30(27,28)26-11-18(17-7-13(22)10-25-21(17)26)16-8-14(23)9-19(24)20(16)29-2;1-26-19-15(7-13(21)8-18(19)22)17-10-25-20-16(17)6-12(9-24-20)11-3-2-4-14(23)5-11;8-6-3-1-2-5(4-6)7(9)10;1-2-3-4-5(6)7/h3-15H,30H2,1-2H3;5-7,9-14H,3H2,1-2H3,(H,28,29)(H,30,31);3-11H,1-2H3;2-10H,23H2,1H3,(H,24,25);1-4,9-10H,8H2;2H2,1H3,(H,6,7). The van der Waals surface area contributed by atoms with Crippen molar-refractivity contribution in [2.24, 2.45) is 0 Å². The number of pyridine rings is 4. The van der Waals surface area contributed by atoms with E-state index in [4.69, 9.17) is 51.3 Å². The van der Waals surface area contributed by atoms with Crippen LogP contribution in [0.3, 0.4) is 0 Å². The van der Waals surface area contributed by atoms with E-state index in [1.165, 1.54) is 95.7 Å². The Balaban J connectivity index is 0.000000150. The van der Waals surface area contributed by atoms with Crippen LogP contribution in [-0.4, -0.2) is 117 Å². The number of aromatic nitrogens is 8. The molecule has 0 unspecified atom stereocenters. The SMILES string of the molecule is CCC#CC(=O)Nc1cccc(-c2cnc3[nH]cc(-c4cc(F)cc(F)c4OC)c3c2)c1.CCC#CC(=O)O.COc1c(F)cc(F)cc1-c1c[nH]c2ncc(-c3cccc(N)c3)cc12.COc1c(F)cc(F)cc1-c1cn(S(=O)(=O)c2ccc(C)cc2)c2ncc(-c3cccc(N)c3)cc12.COc1c(F)cc(F)cc1-c1cn(S(=O)(=O)c2ccc(C)cc2)c2ncc(Br)cc12.Nc1cccc(B(O)O)c1. The molecule has 37 heteroatoms. The molecule has 18 rings (SSSR count). The van der Waals surface area contributed by atoms with E-state index >= 15 is 0 Å². The molecule has 716 valence electrons. The third-order valence-corrected chi connectivity index (χ3v) is 25.0. The lowest BCUT2D eigenvalue weighted by atomic mass is 9.80. The van der Waals surface area contributed by atoms with E-state index in [-0.39, 0.29) is 77.8 Å². The molecule has 0 saturated carbocycles. The van der Waals surface area contributed by atoms with Gasteiger partial charge in [0.25, 0.3) is 26.0 Å². The molecule has 25 nitrogen and oxygen atoms in total. The molecule has 141 heavy (non-hydrogen) atoms. The summed E-state index contributed by atoms with van der Waals surface area (Å²) in [5.41, 5.74) is 30.3. The van der Waals surface area contributed by atoms with Gasteiger partial charge < -0.3 is 66.6 Å². The minimum atomic E-state index is -4.09. The number of nitrogens with zero attached hydrogens (tertiary/aromatic N) is 6. The van der Waals surface area contributed by atoms with Gasteiger partial charge in [-0.15, -0.1) is 0 Å². The summed E-state index contributed by atoms with van der Waals surface area (Å²) in [6, 6.07) is 55.9. The van der Waals surface area contributed by atoms with Crippen molar-refractivity contribution in [3.05, 3.63) is 330 Å². The highest BCUT2D eigenvalue weighted by molar-refractivity contribution is 9.10. The van der Waals surface area contributed by atoms with Crippen molar-refractivity contribution in [3.63, 3.8) is 0 Å². The van der Waals surface area contributed by atoms with E-state index < -0.39 is 79.7 Å². The third kappa shape index (κ3) is 23.6. The number of carboxylic acids is 1. The number of anilines is 4. The first kappa shape index (κ1) is 102. The van der Waals surface area contributed by atoms with Crippen LogP contribution in [0.4, 0.5) is 57.9 Å². The molecule has 0 saturated heterocycles. The first-order valence-corrected chi connectivity index (χ1v) is 46.1. The largest absolute Gasteiger partial charge is 0.493 e. The molecule has 0 spiro atoms. The average Bonchev–Trinajstić information content (AvgIpc) is 1.52. The molecule has 0 aliphatic rings. The Hall–Kier alpha value is -16.6. The Morgan fingerprint density at radius 2 is 0.780 bits per heavy atom. The van der Waals surface area contributed by atoms with Gasteiger partial charge in [-0.2, -0.15) is 0 Å². The maximum Gasteiger partial charge on any atom is 0.488 e. The number of ether oxygens (including phenoxy) is 4. The number of carbonyl (C=O) groups excluding carboxylic acids is 1. The number of amides is 1. The zero-order chi connectivity index (χ0) is 101. The highest BCUT2D eigenvalue weighted by atomic mass is 79.9. The highest BCUT2D eigenvalue weighted by Gasteiger charge is 2.30. The van der Waals surface area contributed by atoms with Gasteiger partial charge >= 0.3 is 13.1 Å². The van der Waals surface area contributed by atoms with Crippen LogP contribution in [-0.2, 0) is 29.6 Å². The number of H-pyrrole nitrogens is 2. The maximum absolute atomic E-state index is 14.6. The first-order chi connectivity index (χ1) is 67.4. The van der Waals surface area contributed by atoms with E-state index in [1.807, 2.05) is 81.3 Å². The third-order valence-electron chi connectivity index (χ3n) is 21.3. The number of halogens is 9. The molecule has 0 atom stereocenters. The Morgan fingerprint density at radius 3 is 1.15 bits per heavy atom. The lowest BCUT2D eigenvalue weighted by Gasteiger charge is -2.10. The molecule has 0 aliphatic heterocycles. The molecule has 0 aliphatic carbocycles. The van der Waals surface area contributed by atoms with Crippen molar-refractivity contribution in [2.45, 2.75) is 50.3 Å². The second kappa shape index (κ2) is 44.7. The van der Waals surface area contributed by atoms with Crippen LogP contribution in [0.15, 0.2) is 282 Å². The predicted molar refractivity (Wildman–Crippen MR) is 533 cm³/mol. The molecule has 0 radical (unpaired) electrons. The second-order valence-electron chi connectivity index (χ2n) is 30.9. The Morgan fingerprint density at radius 1 is 0.426 bits per heavy atom. The highest BCUT2D eigenvalue weighted by Crippen LogP contribution is 2.45. The van der Waals surface area contributed by atoms with Gasteiger partial charge in [0.2, 0.25) is 0 Å². The van der Waals surface area contributed by atoms with Gasteiger partial charge in [-0.25, -0.2) is 84.6 Å². The molecular formula is C104H84BBrF8N12O13S2. The fourth-order valence-corrected chi connectivity index (χ4v) is 17.8. The number of fused-ring (bicyclic) bond motifs is 4. The number of nitrogens with two attached hydrogens (primary N) is 3. The molecule has 10 aromatic carbocycles. The Bertz CT molecular complexity index is 8180. The number of nitrogens with one attached hydrogen (secondary N) is 3. The van der Waals surface area contributed by atoms with Crippen LogP contribution in [0.1, 0.15) is 37.8 Å². The van der Waals surface area contributed by atoms with Gasteiger partial charge in [0, 0.05) is 203 Å². The summed E-state index contributed by atoms with van der Waals surface area (Å²) >= 11 is 3.32. The number of carbonyl (C=O) groups is 2. The summed E-state index contributed by atoms with van der Waals surface area (Å²) < 4.78 is 190. The number of hydrogen-bond donors (Lipinski definition) is 9. The normalized spacial score (nSPS) is 10.9. The maximum atomic E-state index is 14.6. The molecule has 18 aromatic rings. The second-order valence-corrected chi connectivity index (χ2v) is 35.4. The van der Waals surface area contributed by atoms with Gasteiger partial charge in [0.1, 0.15) is 34.6 Å². The topological polar surface area (TPSA) is 383 Å². The van der Waals surface area contributed by atoms with Gasteiger partial charge in [0.05, 0.1) is 38.2 Å². The Labute approximate surface area is 811 Å². The average molecular weight is 2020 g/mol. The van der Waals surface area contributed by atoms with Gasteiger partial charge in [0.15, 0.2) is 57.6 Å². The van der Waals surface area contributed by atoms with Crippen molar-refractivity contribution in [2.75, 3.05) is 51.0 Å². The minimum absolute atomic E-state index is 0.0124. The summed E-state index contributed by atoms with van der Waals surface area (Å²) in [6.07, 6.45) is 13.5. The summed E-state index contributed by atoms with van der Waals surface area (Å²) in [6.45, 7) is 7.37. The number of aryl methyl sites for hydroxylation is 2. The number of methoxy groups -OCH3 is 4. The van der Waals surface area contributed by atoms with E-state index in [1.54, 1.807) is 117 Å². The first-order valence-electron chi connectivity index (χ1n) is 42.4. The van der Waals surface area contributed by atoms with Crippen LogP contribution in [0, 0.1) is 84.1 Å². The molecule has 1 amide bonds. The number of benzene rings is 10. The van der Waals surface area contributed by atoms with Crippen molar-refractivity contribution in [1.29, 1.82) is 0 Å². The smallest absolute Gasteiger partial charge is 0.488 e. The van der Waals surface area contributed by atoms with Crippen molar-refractivity contribution in [3.8, 4) is 125 Å². The molecule has 8 heterocycles.